The number of hydrogen-bond acceptors (Lipinski definition) is 2. The van der Waals surface area contributed by atoms with Gasteiger partial charge in [0.05, 0.1) is 0 Å². The Morgan fingerprint density at radius 1 is 1.50 bits per heavy atom. The lowest BCUT2D eigenvalue weighted by atomic mass is 10.1. The molecule has 0 saturated heterocycles. The molecule has 0 aliphatic rings. The summed E-state index contributed by atoms with van der Waals surface area (Å²) in [7, 11) is 0. The number of thiophene rings is 1. The minimum atomic E-state index is 1.08. The van der Waals surface area contributed by atoms with E-state index in [4.69, 9.17) is 0 Å². The first-order valence-corrected chi connectivity index (χ1v) is 7.40. The minimum Gasteiger partial charge on any atom is -0.143 e. The normalized spacial score (nSPS) is 11.1. The van der Waals surface area contributed by atoms with E-state index in [1.165, 1.54) is 25.0 Å². The summed E-state index contributed by atoms with van der Waals surface area (Å²) in [6.07, 6.45) is 3.22. The Labute approximate surface area is 101 Å². The van der Waals surface area contributed by atoms with Gasteiger partial charge in [-0.2, -0.15) is 0 Å². The van der Waals surface area contributed by atoms with Crippen LogP contribution in [0.2, 0.25) is 0 Å². The minimum absolute atomic E-state index is 1.08. The zero-order valence-corrected chi connectivity index (χ0v) is 11.4. The molecule has 2 rings (SSSR count). The Balaban J connectivity index is 2.80. The van der Waals surface area contributed by atoms with E-state index in [1.54, 1.807) is 0 Å². The number of fused-ring (bicyclic) bond motifs is 1. The molecule has 0 unspecified atom stereocenters. The van der Waals surface area contributed by atoms with Crippen LogP contribution < -0.4 is 0 Å². The van der Waals surface area contributed by atoms with Gasteiger partial charge in [0, 0.05) is 14.1 Å². The van der Waals surface area contributed by atoms with E-state index in [0.29, 0.717) is 0 Å². The lowest BCUT2D eigenvalue weighted by Crippen LogP contribution is -1.85. The van der Waals surface area contributed by atoms with Crippen LogP contribution in [0.4, 0.5) is 0 Å². The summed E-state index contributed by atoms with van der Waals surface area (Å²) in [5.41, 5.74) is 1.40. The summed E-state index contributed by atoms with van der Waals surface area (Å²) in [5, 5.41) is 3.54. The number of hydrogen-bond donors (Lipinski definition) is 0. The van der Waals surface area contributed by atoms with Crippen LogP contribution in [0.15, 0.2) is 26.9 Å². The Bertz CT molecular complexity index is 460. The molecule has 0 aliphatic carbocycles. The highest BCUT2D eigenvalue weighted by atomic mass is 79.9. The molecule has 0 spiro atoms. The van der Waals surface area contributed by atoms with Gasteiger partial charge in [-0.1, -0.05) is 6.92 Å². The number of aryl methyl sites for hydroxylation is 1. The Morgan fingerprint density at radius 3 is 2.93 bits per heavy atom. The molecule has 0 atom stereocenters. The second-order valence-corrected chi connectivity index (χ2v) is 5.60. The van der Waals surface area contributed by atoms with Crippen LogP contribution in [-0.2, 0) is 6.42 Å². The van der Waals surface area contributed by atoms with E-state index in [0.717, 1.165) is 6.42 Å². The van der Waals surface area contributed by atoms with E-state index in [1.807, 2.05) is 23.1 Å². The Morgan fingerprint density at radius 2 is 2.29 bits per heavy atom. The van der Waals surface area contributed by atoms with Crippen LogP contribution in [0.25, 0.3) is 10.1 Å². The predicted octanol–water partition coefficient (Wildman–Crippen LogP) is 4.95. The molecular weight excluding hydrogens is 276 g/mol. The molecule has 14 heavy (non-hydrogen) atoms. The molecule has 0 fully saturated rings. The summed E-state index contributed by atoms with van der Waals surface area (Å²) in [6, 6.07) is 4.49. The van der Waals surface area contributed by atoms with Gasteiger partial charge in [0.15, 0.2) is 0 Å². The first-order valence-electron chi connectivity index (χ1n) is 4.50. The molecule has 2 aromatic rings. The number of halogens is 1. The van der Waals surface area contributed by atoms with Crippen molar-refractivity contribution in [3.63, 3.8) is 0 Å². The smallest absolute Gasteiger partial charge is 0.0490 e. The molecule has 74 valence electrons. The van der Waals surface area contributed by atoms with Gasteiger partial charge in [0.2, 0.25) is 0 Å². The van der Waals surface area contributed by atoms with Gasteiger partial charge < -0.3 is 0 Å². The van der Waals surface area contributed by atoms with E-state index in [2.05, 4.69) is 46.6 Å². The largest absolute Gasteiger partial charge is 0.143 e. The molecule has 0 aliphatic heterocycles. The lowest BCUT2D eigenvalue weighted by molar-refractivity contribution is 1.12. The molecule has 0 bridgehead atoms. The van der Waals surface area contributed by atoms with Crippen molar-refractivity contribution in [2.24, 2.45) is 0 Å². The second-order valence-electron chi connectivity index (χ2n) is 3.08. The van der Waals surface area contributed by atoms with Gasteiger partial charge in [0.25, 0.3) is 0 Å². The molecule has 1 aromatic carbocycles. The summed E-state index contributed by atoms with van der Waals surface area (Å²) in [6.45, 7) is 2.20. The zero-order valence-electron chi connectivity index (χ0n) is 8.13. The van der Waals surface area contributed by atoms with E-state index in [-0.39, 0.29) is 0 Å². The molecule has 3 heteroatoms. The van der Waals surface area contributed by atoms with E-state index in [9.17, 15) is 0 Å². The molecule has 0 N–H and O–H groups in total. The van der Waals surface area contributed by atoms with Crippen molar-refractivity contribution < 1.29 is 0 Å². The van der Waals surface area contributed by atoms with Crippen LogP contribution in [0.5, 0.6) is 0 Å². The predicted molar refractivity (Wildman–Crippen MR) is 70.7 cm³/mol. The molecular formula is C11H11BrS2. The molecule has 0 nitrogen and oxygen atoms in total. The quantitative estimate of drug-likeness (QED) is 0.704. The topological polar surface area (TPSA) is 0 Å². The third-order valence-electron chi connectivity index (χ3n) is 2.30. The third kappa shape index (κ3) is 1.62. The van der Waals surface area contributed by atoms with Gasteiger partial charge in [-0.3, -0.25) is 0 Å². The van der Waals surface area contributed by atoms with Crippen LogP contribution in [0.1, 0.15) is 12.5 Å². The van der Waals surface area contributed by atoms with Gasteiger partial charge in [-0.15, -0.1) is 23.1 Å². The van der Waals surface area contributed by atoms with Gasteiger partial charge in [-0.05, 0) is 57.1 Å². The Hall–Kier alpha value is 0.01000. The number of rotatable bonds is 2. The Kier molecular flexibility index (Phi) is 3.20. The fourth-order valence-electron chi connectivity index (χ4n) is 1.55. The van der Waals surface area contributed by atoms with Crippen LogP contribution in [0.3, 0.4) is 0 Å². The van der Waals surface area contributed by atoms with Crippen molar-refractivity contribution in [2.45, 2.75) is 18.2 Å². The molecule has 0 saturated carbocycles. The molecule has 0 radical (unpaired) electrons. The van der Waals surface area contributed by atoms with Crippen molar-refractivity contribution in [3.8, 4) is 0 Å². The lowest BCUT2D eigenvalue weighted by Gasteiger charge is -2.07. The summed E-state index contributed by atoms with van der Waals surface area (Å²) in [4.78, 5) is 1.38. The van der Waals surface area contributed by atoms with Crippen LogP contribution in [-0.4, -0.2) is 6.26 Å². The average molecular weight is 287 g/mol. The summed E-state index contributed by atoms with van der Waals surface area (Å²) in [5.74, 6) is 0. The monoisotopic (exact) mass is 286 g/mol. The van der Waals surface area contributed by atoms with Crippen molar-refractivity contribution in [1.82, 2.24) is 0 Å². The third-order valence-corrected chi connectivity index (χ3v) is 5.36. The maximum atomic E-state index is 3.69. The first-order chi connectivity index (χ1) is 6.77. The van der Waals surface area contributed by atoms with Crippen molar-refractivity contribution >= 4 is 49.1 Å². The highest BCUT2D eigenvalue weighted by Gasteiger charge is 2.10. The van der Waals surface area contributed by atoms with Gasteiger partial charge >= 0.3 is 0 Å². The first kappa shape index (κ1) is 10.5. The number of benzene rings is 1. The maximum absolute atomic E-state index is 3.69. The molecule has 1 aromatic heterocycles. The highest BCUT2D eigenvalue weighted by molar-refractivity contribution is 9.10. The van der Waals surface area contributed by atoms with Gasteiger partial charge in [0.1, 0.15) is 0 Å². The molecule has 0 amide bonds. The van der Waals surface area contributed by atoms with Crippen molar-refractivity contribution in [3.05, 3.63) is 27.5 Å². The van der Waals surface area contributed by atoms with Crippen molar-refractivity contribution in [1.29, 1.82) is 0 Å². The van der Waals surface area contributed by atoms with Crippen LogP contribution >= 0.6 is 39.0 Å². The van der Waals surface area contributed by atoms with E-state index < -0.39 is 0 Å². The van der Waals surface area contributed by atoms with Crippen molar-refractivity contribution in [2.75, 3.05) is 6.26 Å². The van der Waals surface area contributed by atoms with Gasteiger partial charge in [-0.25, -0.2) is 0 Å². The fourth-order valence-corrected chi connectivity index (χ4v) is 4.59. The fraction of sp³-hybridized carbons (Fsp3) is 0.273. The second kappa shape index (κ2) is 4.25. The zero-order chi connectivity index (χ0) is 10.1. The summed E-state index contributed by atoms with van der Waals surface area (Å²) < 4.78 is 2.68. The number of thioether (sulfide) groups is 1. The SMILES string of the molecule is CCc1cc2ccsc2c(SC)c1Br. The summed E-state index contributed by atoms with van der Waals surface area (Å²) >= 11 is 7.34. The maximum Gasteiger partial charge on any atom is 0.0490 e. The van der Waals surface area contributed by atoms with Crippen LogP contribution in [0, 0.1) is 0 Å². The highest BCUT2D eigenvalue weighted by Crippen LogP contribution is 2.39. The standard InChI is InChI=1S/C11H11BrS2/c1-3-7-6-8-4-5-14-10(8)11(13-2)9(7)12/h4-6H,3H2,1-2H3. The molecule has 1 heterocycles. The average Bonchev–Trinajstić information content (AvgIpc) is 2.64. The van der Waals surface area contributed by atoms with E-state index >= 15 is 0 Å².